The van der Waals surface area contributed by atoms with Crippen molar-refractivity contribution in [3.05, 3.63) is 70.0 Å². The molecule has 2 aromatic carbocycles. The fourth-order valence-corrected chi connectivity index (χ4v) is 6.71. The SMILES string of the molecule is COc1ccc2c(c1)CCCN(C(=O)c1[nH]c3c(c1C)S(=O)(=O)c1cc(C)cc(c1)N(C)C3=O)C2. The number of nitrogens with zero attached hydrogens (tertiary/aromatic N) is 2. The minimum Gasteiger partial charge on any atom is -0.497 e. The molecule has 2 aliphatic heterocycles. The van der Waals surface area contributed by atoms with Crippen molar-refractivity contribution in [1.82, 2.24) is 9.88 Å². The molecule has 0 spiro atoms. The number of benzene rings is 2. The summed E-state index contributed by atoms with van der Waals surface area (Å²) in [7, 11) is -0.799. The topological polar surface area (TPSA) is 99.8 Å². The van der Waals surface area contributed by atoms with E-state index in [-0.39, 0.29) is 32.6 Å². The van der Waals surface area contributed by atoms with Crippen molar-refractivity contribution in [1.29, 1.82) is 0 Å². The lowest BCUT2D eigenvalue weighted by molar-refractivity contribution is 0.0740. The average Bonchev–Trinajstić information content (AvgIpc) is 3.04. The molecule has 2 aliphatic rings. The maximum absolute atomic E-state index is 13.7. The Labute approximate surface area is 204 Å². The first kappa shape index (κ1) is 23.2. The molecule has 1 N–H and O–H groups in total. The van der Waals surface area contributed by atoms with Crippen LogP contribution < -0.4 is 9.64 Å². The zero-order chi connectivity index (χ0) is 25.1. The van der Waals surface area contributed by atoms with Crippen LogP contribution in [0.1, 0.15) is 49.7 Å². The van der Waals surface area contributed by atoms with Gasteiger partial charge in [-0.05, 0) is 79.3 Å². The van der Waals surface area contributed by atoms with Crippen LogP contribution in [-0.2, 0) is 22.8 Å². The van der Waals surface area contributed by atoms with E-state index in [1.807, 2.05) is 18.2 Å². The van der Waals surface area contributed by atoms with Crippen molar-refractivity contribution in [2.45, 2.75) is 43.0 Å². The first-order chi connectivity index (χ1) is 16.6. The number of fused-ring (bicyclic) bond motifs is 4. The summed E-state index contributed by atoms with van der Waals surface area (Å²) in [6.07, 6.45) is 1.57. The highest BCUT2D eigenvalue weighted by Gasteiger charge is 2.37. The minimum atomic E-state index is -4.02. The number of rotatable bonds is 2. The maximum Gasteiger partial charge on any atom is 0.275 e. The van der Waals surface area contributed by atoms with E-state index >= 15 is 0 Å². The summed E-state index contributed by atoms with van der Waals surface area (Å²) in [5.41, 5.74) is 3.67. The standard InChI is InChI=1S/C26H27N3O5S/c1-15-10-19-13-21(11-15)35(32,33)24-16(2)22(27-23(24)25(30)28(19)3)26(31)29-9-5-6-17-12-20(34-4)8-7-18(17)14-29/h7-8,10-13,27H,5-6,9,14H2,1-4H3. The summed E-state index contributed by atoms with van der Waals surface area (Å²) >= 11 is 0. The summed E-state index contributed by atoms with van der Waals surface area (Å²) in [6, 6.07) is 10.7. The van der Waals surface area contributed by atoms with Gasteiger partial charge in [0.25, 0.3) is 11.8 Å². The van der Waals surface area contributed by atoms with Gasteiger partial charge in [0.05, 0.1) is 12.0 Å². The number of amides is 2. The number of ether oxygens (including phenoxy) is 1. The second kappa shape index (κ2) is 8.27. The van der Waals surface area contributed by atoms with Gasteiger partial charge in [-0.2, -0.15) is 0 Å². The molecule has 5 rings (SSSR count). The molecule has 0 radical (unpaired) electrons. The molecule has 182 valence electrons. The number of hydrogen-bond donors (Lipinski definition) is 1. The van der Waals surface area contributed by atoms with Gasteiger partial charge in [0.15, 0.2) is 0 Å². The van der Waals surface area contributed by atoms with E-state index in [1.54, 1.807) is 45.0 Å². The fraction of sp³-hybridized carbons (Fsp3) is 0.308. The molecular formula is C26H27N3O5S. The molecule has 0 aliphatic carbocycles. The number of methoxy groups -OCH3 is 1. The Balaban J connectivity index is 1.59. The van der Waals surface area contributed by atoms with Crippen LogP contribution in [0.25, 0.3) is 0 Å². The molecule has 0 atom stereocenters. The van der Waals surface area contributed by atoms with Gasteiger partial charge in [-0.25, -0.2) is 8.42 Å². The van der Waals surface area contributed by atoms with Crippen molar-refractivity contribution >= 4 is 27.3 Å². The molecule has 8 nitrogen and oxygen atoms in total. The van der Waals surface area contributed by atoms with E-state index in [1.165, 1.54) is 11.0 Å². The van der Waals surface area contributed by atoms with Crippen molar-refractivity contribution < 1.29 is 22.7 Å². The first-order valence-corrected chi connectivity index (χ1v) is 12.9. The van der Waals surface area contributed by atoms with Crippen molar-refractivity contribution in [3.63, 3.8) is 0 Å². The van der Waals surface area contributed by atoms with Gasteiger partial charge >= 0.3 is 0 Å². The summed E-state index contributed by atoms with van der Waals surface area (Å²) in [6.45, 7) is 4.28. The van der Waals surface area contributed by atoms with Crippen LogP contribution in [0.5, 0.6) is 5.75 Å². The number of carbonyl (C=O) groups is 2. The van der Waals surface area contributed by atoms with Gasteiger partial charge in [0.2, 0.25) is 9.84 Å². The Morgan fingerprint density at radius 2 is 1.86 bits per heavy atom. The lowest BCUT2D eigenvalue weighted by atomic mass is 10.0. The molecule has 2 bridgehead atoms. The van der Waals surface area contributed by atoms with Gasteiger partial charge in [-0.15, -0.1) is 0 Å². The Hall–Kier alpha value is -3.59. The second-order valence-corrected chi connectivity index (χ2v) is 11.1. The smallest absolute Gasteiger partial charge is 0.275 e. The van der Waals surface area contributed by atoms with Crippen LogP contribution in [0, 0.1) is 13.8 Å². The molecule has 2 amide bonds. The third-order valence-corrected chi connectivity index (χ3v) is 8.77. The number of hydrogen-bond acceptors (Lipinski definition) is 5. The maximum atomic E-state index is 13.7. The predicted octanol–water partition coefficient (Wildman–Crippen LogP) is 3.65. The number of anilines is 1. The van der Waals surface area contributed by atoms with Crippen LogP contribution in [0.2, 0.25) is 0 Å². The molecule has 0 unspecified atom stereocenters. The van der Waals surface area contributed by atoms with Gasteiger partial charge in [0.1, 0.15) is 22.0 Å². The summed E-state index contributed by atoms with van der Waals surface area (Å²) in [4.78, 5) is 33.0. The second-order valence-electron chi connectivity index (χ2n) is 9.17. The number of nitrogens with one attached hydrogen (secondary N) is 1. The molecule has 0 fully saturated rings. The number of aryl methyl sites for hydroxylation is 2. The van der Waals surface area contributed by atoms with Crippen LogP contribution >= 0.6 is 0 Å². The molecule has 0 saturated heterocycles. The predicted molar refractivity (Wildman–Crippen MR) is 131 cm³/mol. The zero-order valence-electron chi connectivity index (χ0n) is 20.1. The molecule has 3 aromatic rings. The highest BCUT2D eigenvalue weighted by atomic mass is 32.2. The quantitative estimate of drug-likeness (QED) is 0.588. The Kier molecular flexibility index (Phi) is 5.47. The summed E-state index contributed by atoms with van der Waals surface area (Å²) in [5, 5.41) is 0. The van der Waals surface area contributed by atoms with E-state index in [9.17, 15) is 18.0 Å². The number of H-pyrrole nitrogens is 1. The largest absolute Gasteiger partial charge is 0.497 e. The van der Waals surface area contributed by atoms with E-state index in [2.05, 4.69) is 4.98 Å². The van der Waals surface area contributed by atoms with Crippen LogP contribution in [-0.4, -0.2) is 50.8 Å². The number of sulfone groups is 1. The Bertz CT molecular complexity index is 1490. The zero-order valence-corrected chi connectivity index (χ0v) is 21.0. The van der Waals surface area contributed by atoms with Crippen LogP contribution in [0.3, 0.4) is 0 Å². The number of carbonyl (C=O) groups excluding carboxylic acids is 2. The first-order valence-electron chi connectivity index (χ1n) is 11.4. The average molecular weight is 494 g/mol. The molecule has 3 heterocycles. The van der Waals surface area contributed by atoms with E-state index in [4.69, 9.17) is 4.74 Å². The van der Waals surface area contributed by atoms with Gasteiger partial charge < -0.3 is 19.5 Å². The highest BCUT2D eigenvalue weighted by molar-refractivity contribution is 7.91. The molecule has 0 saturated carbocycles. The van der Waals surface area contributed by atoms with Crippen molar-refractivity contribution in [2.24, 2.45) is 0 Å². The molecule has 35 heavy (non-hydrogen) atoms. The van der Waals surface area contributed by atoms with Crippen LogP contribution in [0.4, 0.5) is 5.69 Å². The molecular weight excluding hydrogens is 466 g/mol. The third kappa shape index (κ3) is 3.70. The summed E-state index contributed by atoms with van der Waals surface area (Å²) < 4.78 is 32.6. The minimum absolute atomic E-state index is 0.0854. The molecule has 9 heteroatoms. The van der Waals surface area contributed by atoms with Crippen LogP contribution in [0.15, 0.2) is 46.2 Å². The lowest BCUT2D eigenvalue weighted by Crippen LogP contribution is -2.32. The Morgan fingerprint density at radius 1 is 1.09 bits per heavy atom. The van der Waals surface area contributed by atoms with Crippen molar-refractivity contribution in [2.75, 3.05) is 25.6 Å². The van der Waals surface area contributed by atoms with E-state index in [0.717, 1.165) is 35.3 Å². The summed E-state index contributed by atoms with van der Waals surface area (Å²) in [5.74, 6) is -0.0583. The number of aromatic amines is 1. The highest BCUT2D eigenvalue weighted by Crippen LogP contribution is 2.36. The monoisotopic (exact) mass is 493 g/mol. The number of aromatic nitrogens is 1. The van der Waals surface area contributed by atoms with Gasteiger partial charge in [0, 0.05) is 25.8 Å². The lowest BCUT2D eigenvalue weighted by Gasteiger charge is -2.22. The third-order valence-electron chi connectivity index (χ3n) is 6.86. The normalized spacial score (nSPS) is 16.6. The van der Waals surface area contributed by atoms with Gasteiger partial charge in [-0.1, -0.05) is 6.07 Å². The Morgan fingerprint density at radius 3 is 2.60 bits per heavy atom. The van der Waals surface area contributed by atoms with E-state index < -0.39 is 15.7 Å². The molecule has 1 aromatic heterocycles. The fourth-order valence-electron chi connectivity index (χ4n) is 4.95. The van der Waals surface area contributed by atoms with E-state index in [0.29, 0.717) is 18.8 Å². The van der Waals surface area contributed by atoms with Gasteiger partial charge in [-0.3, -0.25) is 9.59 Å². The van der Waals surface area contributed by atoms with Crippen molar-refractivity contribution in [3.8, 4) is 5.75 Å².